The highest BCUT2D eigenvalue weighted by molar-refractivity contribution is 5.77. The molecule has 90 valence electrons. The first-order chi connectivity index (χ1) is 7.20. The number of methoxy groups -OCH3 is 1. The molecule has 0 heterocycles. The Hall–Kier alpha value is -0.650. The second-order valence-electron chi connectivity index (χ2n) is 3.53. The van der Waals surface area contributed by atoms with Crippen LogP contribution >= 0.6 is 0 Å². The molecule has 0 aliphatic carbocycles. The fraction of sp³-hybridized carbons (Fsp3) is 0.900. The minimum absolute atomic E-state index is 0.0880. The van der Waals surface area contributed by atoms with E-state index in [0.717, 1.165) is 6.42 Å². The molecule has 0 saturated heterocycles. The van der Waals surface area contributed by atoms with Crippen LogP contribution in [0.5, 0.6) is 0 Å². The van der Waals surface area contributed by atoms with Crippen molar-refractivity contribution in [3.8, 4) is 0 Å². The Balaban J connectivity index is 3.32. The molecule has 1 atom stereocenters. The van der Waals surface area contributed by atoms with Crippen LogP contribution in [-0.2, 0) is 14.3 Å². The number of carbonyl (C=O) groups is 1. The summed E-state index contributed by atoms with van der Waals surface area (Å²) in [5.74, 6) is 0.327. The number of hydrogen-bond donors (Lipinski definition) is 2. The van der Waals surface area contributed by atoms with Crippen LogP contribution in [0.3, 0.4) is 0 Å². The monoisotopic (exact) mass is 218 g/mol. The maximum atomic E-state index is 11.2. The number of ether oxygens (including phenoxy) is 2. The van der Waals surface area contributed by atoms with Gasteiger partial charge in [0.2, 0.25) is 5.91 Å². The first kappa shape index (κ1) is 14.3. The topological polar surface area (TPSA) is 73.6 Å². The van der Waals surface area contributed by atoms with Crippen molar-refractivity contribution >= 4 is 5.91 Å². The largest absolute Gasteiger partial charge is 0.382 e. The van der Waals surface area contributed by atoms with Crippen LogP contribution in [0.15, 0.2) is 0 Å². The van der Waals surface area contributed by atoms with E-state index in [9.17, 15) is 4.79 Å². The zero-order chi connectivity index (χ0) is 11.5. The maximum absolute atomic E-state index is 11.2. The summed E-state index contributed by atoms with van der Waals surface area (Å²) in [5, 5.41) is 2.78. The number of nitrogens with two attached hydrogens (primary N) is 1. The van der Waals surface area contributed by atoms with Gasteiger partial charge in [0.05, 0.1) is 13.2 Å². The molecule has 0 aliphatic rings. The molecule has 0 aromatic carbocycles. The van der Waals surface area contributed by atoms with Crippen molar-refractivity contribution in [3.63, 3.8) is 0 Å². The lowest BCUT2D eigenvalue weighted by Gasteiger charge is -2.11. The predicted molar refractivity (Wildman–Crippen MR) is 58.5 cm³/mol. The molecule has 1 unspecified atom stereocenters. The van der Waals surface area contributed by atoms with Gasteiger partial charge in [0.15, 0.2) is 0 Å². The van der Waals surface area contributed by atoms with Crippen molar-refractivity contribution in [2.24, 2.45) is 11.7 Å². The van der Waals surface area contributed by atoms with Crippen LogP contribution in [0.25, 0.3) is 0 Å². The van der Waals surface area contributed by atoms with Crippen molar-refractivity contribution in [2.75, 3.05) is 40.0 Å². The van der Waals surface area contributed by atoms with E-state index in [4.69, 9.17) is 15.2 Å². The van der Waals surface area contributed by atoms with Gasteiger partial charge in [-0.1, -0.05) is 6.92 Å². The molecule has 0 bridgehead atoms. The number of nitrogens with one attached hydrogen (secondary N) is 1. The first-order valence-electron chi connectivity index (χ1n) is 5.24. The normalized spacial score (nSPS) is 12.5. The summed E-state index contributed by atoms with van der Waals surface area (Å²) in [5.41, 5.74) is 5.40. The first-order valence-corrected chi connectivity index (χ1v) is 5.24. The van der Waals surface area contributed by atoms with Crippen molar-refractivity contribution in [1.82, 2.24) is 5.32 Å². The van der Waals surface area contributed by atoms with Gasteiger partial charge in [0, 0.05) is 13.7 Å². The fourth-order valence-electron chi connectivity index (χ4n) is 1.03. The van der Waals surface area contributed by atoms with Crippen molar-refractivity contribution < 1.29 is 14.3 Å². The Bertz CT molecular complexity index is 165. The van der Waals surface area contributed by atoms with Gasteiger partial charge >= 0.3 is 0 Å². The van der Waals surface area contributed by atoms with Crippen molar-refractivity contribution in [2.45, 2.75) is 13.3 Å². The lowest BCUT2D eigenvalue weighted by atomic mass is 10.1. The Morgan fingerprint density at radius 2 is 2.20 bits per heavy atom. The molecule has 5 heteroatoms. The van der Waals surface area contributed by atoms with E-state index < -0.39 is 0 Å². The van der Waals surface area contributed by atoms with Crippen LogP contribution in [-0.4, -0.2) is 45.9 Å². The molecule has 0 fully saturated rings. The van der Waals surface area contributed by atoms with E-state index >= 15 is 0 Å². The van der Waals surface area contributed by atoms with Gasteiger partial charge in [-0.2, -0.15) is 0 Å². The summed E-state index contributed by atoms with van der Waals surface area (Å²) < 4.78 is 9.85. The summed E-state index contributed by atoms with van der Waals surface area (Å²) in [6.07, 6.45) is 0.921. The SMILES string of the molecule is COCCOCC(=O)NCC(C)CCN. The molecule has 3 N–H and O–H groups in total. The highest BCUT2D eigenvalue weighted by atomic mass is 16.5. The van der Waals surface area contributed by atoms with Gasteiger partial charge in [0.1, 0.15) is 6.61 Å². The van der Waals surface area contributed by atoms with Crippen LogP contribution in [0.2, 0.25) is 0 Å². The summed E-state index contributed by atoms with van der Waals surface area (Å²) in [6, 6.07) is 0. The molecule has 0 rings (SSSR count). The molecule has 0 aromatic rings. The van der Waals surface area contributed by atoms with E-state index in [-0.39, 0.29) is 12.5 Å². The maximum Gasteiger partial charge on any atom is 0.246 e. The highest BCUT2D eigenvalue weighted by Gasteiger charge is 2.04. The minimum Gasteiger partial charge on any atom is -0.382 e. The third-order valence-electron chi connectivity index (χ3n) is 1.97. The van der Waals surface area contributed by atoms with E-state index in [1.54, 1.807) is 7.11 Å². The van der Waals surface area contributed by atoms with Gasteiger partial charge in [-0.25, -0.2) is 0 Å². The third kappa shape index (κ3) is 9.65. The van der Waals surface area contributed by atoms with E-state index in [1.165, 1.54) is 0 Å². The van der Waals surface area contributed by atoms with Crippen LogP contribution in [0, 0.1) is 5.92 Å². The Labute approximate surface area is 91.3 Å². The lowest BCUT2D eigenvalue weighted by Crippen LogP contribution is -2.32. The average molecular weight is 218 g/mol. The summed E-state index contributed by atoms with van der Waals surface area (Å²) in [4.78, 5) is 11.2. The highest BCUT2D eigenvalue weighted by Crippen LogP contribution is 1.96. The molecule has 15 heavy (non-hydrogen) atoms. The molecule has 0 radical (unpaired) electrons. The van der Waals surface area contributed by atoms with Gasteiger partial charge in [-0.15, -0.1) is 0 Å². The smallest absolute Gasteiger partial charge is 0.246 e. The zero-order valence-corrected chi connectivity index (χ0v) is 9.62. The van der Waals surface area contributed by atoms with Crippen LogP contribution in [0.4, 0.5) is 0 Å². The van der Waals surface area contributed by atoms with Gasteiger partial charge in [-0.3, -0.25) is 4.79 Å². The minimum atomic E-state index is -0.0880. The molecule has 5 nitrogen and oxygen atoms in total. The van der Waals surface area contributed by atoms with Gasteiger partial charge < -0.3 is 20.5 Å². The summed E-state index contributed by atoms with van der Waals surface area (Å²) >= 11 is 0. The third-order valence-corrected chi connectivity index (χ3v) is 1.97. The predicted octanol–water partition coefficient (Wildman–Crippen LogP) is -0.249. The van der Waals surface area contributed by atoms with Crippen molar-refractivity contribution in [1.29, 1.82) is 0 Å². The molecule has 0 saturated carbocycles. The molecule has 0 aliphatic heterocycles. The lowest BCUT2D eigenvalue weighted by molar-refractivity contribution is -0.126. The van der Waals surface area contributed by atoms with E-state index in [1.807, 2.05) is 0 Å². The summed E-state index contributed by atoms with van der Waals surface area (Å²) in [6.45, 7) is 4.42. The zero-order valence-electron chi connectivity index (χ0n) is 9.62. The molecule has 0 spiro atoms. The van der Waals surface area contributed by atoms with Gasteiger partial charge in [0.25, 0.3) is 0 Å². The molecular weight excluding hydrogens is 196 g/mol. The molecule has 0 aromatic heterocycles. The quantitative estimate of drug-likeness (QED) is 0.523. The number of carbonyl (C=O) groups excluding carboxylic acids is 1. The number of hydrogen-bond acceptors (Lipinski definition) is 4. The number of rotatable bonds is 9. The Morgan fingerprint density at radius 1 is 1.47 bits per heavy atom. The van der Waals surface area contributed by atoms with Crippen molar-refractivity contribution in [3.05, 3.63) is 0 Å². The second-order valence-corrected chi connectivity index (χ2v) is 3.53. The Morgan fingerprint density at radius 3 is 2.80 bits per heavy atom. The Kier molecular flexibility index (Phi) is 9.46. The van der Waals surface area contributed by atoms with Crippen LogP contribution < -0.4 is 11.1 Å². The average Bonchev–Trinajstić information content (AvgIpc) is 2.22. The van der Waals surface area contributed by atoms with Gasteiger partial charge in [-0.05, 0) is 18.9 Å². The standard InChI is InChI=1S/C10H22N2O3/c1-9(3-4-11)7-12-10(13)8-15-6-5-14-2/h9H,3-8,11H2,1-2H3,(H,12,13). The van der Waals surface area contributed by atoms with E-state index in [2.05, 4.69) is 12.2 Å². The fourth-order valence-corrected chi connectivity index (χ4v) is 1.03. The van der Waals surface area contributed by atoms with Crippen LogP contribution in [0.1, 0.15) is 13.3 Å². The summed E-state index contributed by atoms with van der Waals surface area (Å²) in [7, 11) is 1.60. The molecular formula is C10H22N2O3. The number of amides is 1. The second kappa shape index (κ2) is 9.89. The van der Waals surface area contributed by atoms with E-state index in [0.29, 0.717) is 32.2 Å². The molecule has 1 amide bonds.